The van der Waals surface area contributed by atoms with Gasteiger partial charge in [-0.15, -0.1) is 0 Å². The molecule has 5 heteroatoms. The quantitative estimate of drug-likeness (QED) is 0.827. The van der Waals surface area contributed by atoms with Crippen molar-refractivity contribution in [2.24, 2.45) is 0 Å². The molecule has 0 spiro atoms. The number of Topliss-reactive ketones (excluding diaryl/α,β-unsaturated/α-hetero) is 1. The van der Waals surface area contributed by atoms with Crippen LogP contribution < -0.4 is 14.2 Å². The molecule has 1 unspecified atom stereocenters. The lowest BCUT2D eigenvalue weighted by molar-refractivity contribution is 0.0962. The van der Waals surface area contributed by atoms with E-state index in [1.807, 2.05) is 6.92 Å². The van der Waals surface area contributed by atoms with Crippen molar-refractivity contribution < 1.29 is 24.1 Å². The Labute approximate surface area is 135 Å². The molecule has 2 rings (SSSR count). The van der Waals surface area contributed by atoms with Crippen LogP contribution in [0.25, 0.3) is 0 Å². The summed E-state index contributed by atoms with van der Waals surface area (Å²) >= 11 is 0. The third kappa shape index (κ3) is 3.23. The third-order valence-corrected chi connectivity index (χ3v) is 3.76. The van der Waals surface area contributed by atoms with Crippen molar-refractivity contribution in [2.75, 3.05) is 21.3 Å². The van der Waals surface area contributed by atoms with Crippen LogP contribution >= 0.6 is 0 Å². The van der Waals surface area contributed by atoms with E-state index in [2.05, 4.69) is 0 Å². The van der Waals surface area contributed by atoms with Crippen LogP contribution in [-0.2, 0) is 0 Å². The van der Waals surface area contributed by atoms with Gasteiger partial charge in [0.05, 0.1) is 26.9 Å². The van der Waals surface area contributed by atoms with Crippen LogP contribution in [0.2, 0.25) is 0 Å². The zero-order valence-electron chi connectivity index (χ0n) is 13.6. The molecule has 0 saturated heterocycles. The van der Waals surface area contributed by atoms with Crippen LogP contribution in [0, 0.1) is 0 Å². The highest BCUT2D eigenvalue weighted by molar-refractivity contribution is 6.04. The largest absolute Gasteiger partial charge is 0.508 e. The number of benzene rings is 2. The van der Waals surface area contributed by atoms with E-state index in [1.54, 1.807) is 36.4 Å². The van der Waals surface area contributed by atoms with E-state index in [1.165, 1.54) is 21.3 Å². The van der Waals surface area contributed by atoms with Crippen LogP contribution in [0.5, 0.6) is 23.0 Å². The van der Waals surface area contributed by atoms with Gasteiger partial charge in [0, 0.05) is 5.92 Å². The van der Waals surface area contributed by atoms with Crippen molar-refractivity contribution in [3.63, 3.8) is 0 Å². The van der Waals surface area contributed by atoms with Gasteiger partial charge in [-0.3, -0.25) is 4.79 Å². The summed E-state index contributed by atoms with van der Waals surface area (Å²) in [6.07, 6.45) is 0. The Morgan fingerprint density at radius 1 is 0.913 bits per heavy atom. The van der Waals surface area contributed by atoms with Crippen molar-refractivity contribution in [1.82, 2.24) is 0 Å². The van der Waals surface area contributed by atoms with Crippen molar-refractivity contribution in [3.8, 4) is 23.0 Å². The topological polar surface area (TPSA) is 65.0 Å². The molecule has 0 bridgehead atoms. The maximum Gasteiger partial charge on any atom is 0.204 e. The molecule has 0 amide bonds. The van der Waals surface area contributed by atoms with E-state index < -0.39 is 0 Å². The van der Waals surface area contributed by atoms with Gasteiger partial charge in [-0.05, 0) is 29.8 Å². The predicted octanol–water partition coefficient (Wildman–Crippen LogP) is 3.40. The van der Waals surface area contributed by atoms with Crippen LogP contribution in [-0.4, -0.2) is 32.2 Å². The smallest absolute Gasteiger partial charge is 0.204 e. The van der Waals surface area contributed by atoms with E-state index >= 15 is 0 Å². The van der Waals surface area contributed by atoms with Crippen LogP contribution in [0.4, 0.5) is 0 Å². The van der Waals surface area contributed by atoms with E-state index in [-0.39, 0.29) is 17.5 Å². The Balaban J connectivity index is 2.44. The molecule has 2 aromatic rings. The number of hydrogen-bond donors (Lipinski definition) is 1. The number of phenols is 1. The number of phenolic OH excluding ortho intramolecular Hbond substituents is 1. The molecule has 122 valence electrons. The lowest BCUT2D eigenvalue weighted by atomic mass is 9.91. The fourth-order valence-corrected chi connectivity index (χ4v) is 2.44. The minimum atomic E-state index is -0.386. The molecule has 1 atom stereocenters. The first-order valence-electron chi connectivity index (χ1n) is 7.15. The highest BCUT2D eigenvalue weighted by atomic mass is 16.5. The highest BCUT2D eigenvalue weighted by Crippen LogP contribution is 2.41. The van der Waals surface area contributed by atoms with Gasteiger partial charge in [0.15, 0.2) is 17.3 Å². The van der Waals surface area contributed by atoms with Crippen molar-refractivity contribution in [3.05, 3.63) is 47.5 Å². The fraction of sp³-hybridized carbons (Fsp3) is 0.278. The van der Waals surface area contributed by atoms with Gasteiger partial charge in [-0.1, -0.05) is 19.1 Å². The van der Waals surface area contributed by atoms with Gasteiger partial charge in [-0.2, -0.15) is 0 Å². The second kappa shape index (κ2) is 7.05. The summed E-state index contributed by atoms with van der Waals surface area (Å²) in [6.45, 7) is 1.81. The molecule has 0 aliphatic heterocycles. The second-order valence-corrected chi connectivity index (χ2v) is 5.06. The number of aromatic hydroxyl groups is 1. The van der Waals surface area contributed by atoms with E-state index in [0.717, 1.165) is 5.56 Å². The van der Waals surface area contributed by atoms with Crippen molar-refractivity contribution in [1.29, 1.82) is 0 Å². The Kier molecular flexibility index (Phi) is 5.11. The maximum atomic E-state index is 12.8. The Bertz CT molecular complexity index is 691. The maximum absolute atomic E-state index is 12.8. The number of ether oxygens (including phenoxy) is 3. The predicted molar refractivity (Wildman–Crippen MR) is 87.0 cm³/mol. The molecule has 0 aliphatic carbocycles. The summed E-state index contributed by atoms with van der Waals surface area (Å²) in [5.41, 5.74) is 1.23. The average Bonchev–Trinajstić information content (AvgIpc) is 2.59. The fourth-order valence-electron chi connectivity index (χ4n) is 2.44. The Hall–Kier alpha value is -2.69. The number of carbonyl (C=O) groups is 1. The molecular formula is C18H20O5. The van der Waals surface area contributed by atoms with Crippen LogP contribution in [0.15, 0.2) is 36.4 Å². The molecule has 0 aliphatic rings. The summed E-state index contributed by atoms with van der Waals surface area (Å²) in [5, 5.41) is 9.37. The first-order valence-corrected chi connectivity index (χ1v) is 7.15. The Morgan fingerprint density at radius 2 is 1.52 bits per heavy atom. The van der Waals surface area contributed by atoms with E-state index in [0.29, 0.717) is 22.8 Å². The minimum absolute atomic E-state index is 0.103. The number of methoxy groups -OCH3 is 3. The molecule has 0 saturated carbocycles. The van der Waals surface area contributed by atoms with E-state index in [9.17, 15) is 9.90 Å². The average molecular weight is 316 g/mol. The monoisotopic (exact) mass is 316 g/mol. The number of hydrogen-bond acceptors (Lipinski definition) is 5. The van der Waals surface area contributed by atoms with Crippen molar-refractivity contribution in [2.45, 2.75) is 12.8 Å². The molecule has 1 N–H and O–H groups in total. The summed E-state index contributed by atoms with van der Waals surface area (Å²) in [4.78, 5) is 12.8. The molecule has 2 aromatic carbocycles. The van der Waals surface area contributed by atoms with Crippen LogP contribution in [0.1, 0.15) is 28.8 Å². The highest BCUT2D eigenvalue weighted by Gasteiger charge is 2.25. The second-order valence-electron chi connectivity index (χ2n) is 5.06. The molecule has 0 heterocycles. The first kappa shape index (κ1) is 16.7. The standard InChI is InChI=1S/C18H20O5/c1-11(12-5-7-13(19)8-6-12)16(20)14-9-10-15(21-2)18(23-4)17(14)22-3/h5-11,19H,1-4H3. The molecule has 0 aromatic heterocycles. The lowest BCUT2D eigenvalue weighted by Gasteiger charge is -2.17. The molecule has 0 fully saturated rings. The summed E-state index contributed by atoms with van der Waals surface area (Å²) in [6, 6.07) is 9.92. The SMILES string of the molecule is COc1ccc(C(=O)C(C)c2ccc(O)cc2)c(OC)c1OC. The Morgan fingerprint density at radius 3 is 2.04 bits per heavy atom. The summed E-state index contributed by atoms with van der Waals surface area (Å²) in [5.74, 6) is 0.910. The zero-order valence-corrected chi connectivity index (χ0v) is 13.6. The van der Waals surface area contributed by atoms with Gasteiger partial charge in [0.25, 0.3) is 0 Å². The van der Waals surface area contributed by atoms with Gasteiger partial charge in [0.1, 0.15) is 5.75 Å². The summed E-state index contributed by atoms with van der Waals surface area (Å²) < 4.78 is 15.9. The molecule has 0 radical (unpaired) electrons. The number of carbonyl (C=O) groups excluding carboxylic acids is 1. The molecule has 5 nitrogen and oxygen atoms in total. The van der Waals surface area contributed by atoms with Crippen LogP contribution in [0.3, 0.4) is 0 Å². The minimum Gasteiger partial charge on any atom is -0.508 e. The third-order valence-electron chi connectivity index (χ3n) is 3.76. The summed E-state index contributed by atoms with van der Waals surface area (Å²) in [7, 11) is 4.51. The van der Waals surface area contributed by atoms with Gasteiger partial charge >= 0.3 is 0 Å². The first-order chi connectivity index (χ1) is 11.0. The van der Waals surface area contributed by atoms with Crippen molar-refractivity contribution >= 4 is 5.78 Å². The molecular weight excluding hydrogens is 296 g/mol. The van der Waals surface area contributed by atoms with Gasteiger partial charge in [-0.25, -0.2) is 0 Å². The van der Waals surface area contributed by atoms with E-state index in [4.69, 9.17) is 14.2 Å². The van der Waals surface area contributed by atoms with Gasteiger partial charge in [0.2, 0.25) is 5.75 Å². The normalized spacial score (nSPS) is 11.7. The number of ketones is 1. The van der Waals surface area contributed by atoms with Gasteiger partial charge < -0.3 is 19.3 Å². The zero-order chi connectivity index (χ0) is 17.0. The lowest BCUT2D eigenvalue weighted by Crippen LogP contribution is -2.12. The number of rotatable bonds is 6. The molecule has 23 heavy (non-hydrogen) atoms.